The van der Waals surface area contributed by atoms with Gasteiger partial charge in [0, 0.05) is 5.92 Å². The molecule has 1 unspecified atom stereocenters. The standard InChI is InChI=1S/C7H10N2O2/c1-4(10)6-8-7(11-9-6)5-2-3-5/h4-5,10H,2-3H2,1H3. The minimum atomic E-state index is -0.619. The van der Waals surface area contributed by atoms with E-state index >= 15 is 0 Å². The summed E-state index contributed by atoms with van der Waals surface area (Å²) in [6.07, 6.45) is 1.66. The lowest BCUT2D eigenvalue weighted by molar-refractivity contribution is 0.184. The summed E-state index contributed by atoms with van der Waals surface area (Å²) in [5.74, 6) is 1.54. The van der Waals surface area contributed by atoms with Crippen LogP contribution >= 0.6 is 0 Å². The van der Waals surface area contributed by atoms with E-state index in [4.69, 9.17) is 9.63 Å². The zero-order chi connectivity index (χ0) is 7.84. The Bertz CT molecular complexity index is 236. The number of hydrogen-bond donors (Lipinski definition) is 1. The van der Waals surface area contributed by atoms with Crippen molar-refractivity contribution in [1.82, 2.24) is 10.1 Å². The van der Waals surface area contributed by atoms with Crippen LogP contribution in [0.25, 0.3) is 0 Å². The molecule has 1 heterocycles. The molecule has 1 saturated carbocycles. The van der Waals surface area contributed by atoms with Crippen LogP contribution in [0.1, 0.15) is 43.5 Å². The van der Waals surface area contributed by atoms with Crippen molar-refractivity contribution in [2.75, 3.05) is 0 Å². The second-order valence-electron chi connectivity index (χ2n) is 2.94. The topological polar surface area (TPSA) is 59.2 Å². The van der Waals surface area contributed by atoms with Crippen molar-refractivity contribution in [1.29, 1.82) is 0 Å². The molecule has 4 heteroatoms. The van der Waals surface area contributed by atoms with Crippen molar-refractivity contribution in [2.24, 2.45) is 0 Å². The zero-order valence-corrected chi connectivity index (χ0v) is 6.32. The van der Waals surface area contributed by atoms with Gasteiger partial charge in [-0.2, -0.15) is 4.98 Å². The third kappa shape index (κ3) is 1.26. The van der Waals surface area contributed by atoms with E-state index < -0.39 is 6.10 Å². The minimum Gasteiger partial charge on any atom is -0.385 e. The molecule has 0 aromatic carbocycles. The first-order valence-corrected chi connectivity index (χ1v) is 3.79. The quantitative estimate of drug-likeness (QED) is 0.690. The van der Waals surface area contributed by atoms with Crippen LogP contribution in [0.3, 0.4) is 0 Å². The molecule has 0 bridgehead atoms. The van der Waals surface area contributed by atoms with E-state index in [1.165, 1.54) is 0 Å². The van der Waals surface area contributed by atoms with E-state index in [-0.39, 0.29) is 0 Å². The molecule has 1 fully saturated rings. The summed E-state index contributed by atoms with van der Waals surface area (Å²) < 4.78 is 4.93. The van der Waals surface area contributed by atoms with Crippen LogP contribution in [-0.2, 0) is 0 Å². The van der Waals surface area contributed by atoms with Gasteiger partial charge < -0.3 is 9.63 Å². The molecular formula is C7H10N2O2. The lowest BCUT2D eigenvalue weighted by Gasteiger charge is -1.91. The van der Waals surface area contributed by atoms with Gasteiger partial charge in [-0.15, -0.1) is 0 Å². The van der Waals surface area contributed by atoms with Crippen LogP contribution < -0.4 is 0 Å². The Labute approximate surface area is 64.2 Å². The van der Waals surface area contributed by atoms with Crippen LogP contribution in [0.15, 0.2) is 4.52 Å². The van der Waals surface area contributed by atoms with Crippen LogP contribution in [0.5, 0.6) is 0 Å². The normalized spacial score (nSPS) is 20.2. The molecule has 0 aliphatic heterocycles. The first kappa shape index (κ1) is 6.79. The summed E-state index contributed by atoms with van der Waals surface area (Å²) >= 11 is 0. The van der Waals surface area contributed by atoms with E-state index in [1.807, 2.05) is 0 Å². The van der Waals surface area contributed by atoms with Gasteiger partial charge in [-0.3, -0.25) is 0 Å². The largest absolute Gasteiger partial charge is 0.385 e. The molecule has 0 spiro atoms. The highest BCUT2D eigenvalue weighted by atomic mass is 16.5. The third-order valence-corrected chi connectivity index (χ3v) is 1.76. The van der Waals surface area contributed by atoms with Crippen molar-refractivity contribution < 1.29 is 9.63 Å². The maximum absolute atomic E-state index is 9.05. The van der Waals surface area contributed by atoms with Crippen molar-refractivity contribution in [3.8, 4) is 0 Å². The summed E-state index contributed by atoms with van der Waals surface area (Å²) in [6, 6.07) is 0. The molecule has 1 aliphatic carbocycles. The summed E-state index contributed by atoms with van der Waals surface area (Å²) in [4.78, 5) is 4.04. The van der Waals surface area contributed by atoms with E-state index in [1.54, 1.807) is 6.92 Å². The molecule has 2 rings (SSSR count). The molecule has 4 nitrogen and oxygen atoms in total. The Hall–Kier alpha value is -0.900. The fourth-order valence-corrected chi connectivity index (χ4v) is 0.913. The molecule has 0 saturated heterocycles. The molecule has 1 aliphatic rings. The molecule has 1 aromatic heterocycles. The van der Waals surface area contributed by atoms with E-state index in [0.717, 1.165) is 12.8 Å². The van der Waals surface area contributed by atoms with Gasteiger partial charge in [-0.25, -0.2) is 0 Å². The van der Waals surface area contributed by atoms with Gasteiger partial charge in [0.2, 0.25) is 5.89 Å². The zero-order valence-electron chi connectivity index (χ0n) is 6.32. The first-order chi connectivity index (χ1) is 5.27. The second kappa shape index (κ2) is 2.30. The molecular weight excluding hydrogens is 144 g/mol. The number of aromatic nitrogens is 2. The number of aliphatic hydroxyl groups excluding tert-OH is 1. The molecule has 11 heavy (non-hydrogen) atoms. The van der Waals surface area contributed by atoms with E-state index in [9.17, 15) is 0 Å². The van der Waals surface area contributed by atoms with Crippen LogP contribution in [0.2, 0.25) is 0 Å². The Kier molecular flexibility index (Phi) is 1.42. The summed E-state index contributed by atoms with van der Waals surface area (Å²) in [5, 5.41) is 12.7. The smallest absolute Gasteiger partial charge is 0.229 e. The Morgan fingerprint density at radius 2 is 2.36 bits per heavy atom. The van der Waals surface area contributed by atoms with Gasteiger partial charge in [0.05, 0.1) is 0 Å². The predicted molar refractivity (Wildman–Crippen MR) is 36.9 cm³/mol. The summed E-state index contributed by atoms with van der Waals surface area (Å²) in [5.41, 5.74) is 0. The van der Waals surface area contributed by atoms with Gasteiger partial charge in [-0.1, -0.05) is 5.16 Å². The van der Waals surface area contributed by atoms with Crippen molar-refractivity contribution in [3.05, 3.63) is 11.7 Å². The highest BCUT2D eigenvalue weighted by Crippen LogP contribution is 2.39. The molecule has 60 valence electrons. The lowest BCUT2D eigenvalue weighted by atomic mass is 10.4. The molecule has 1 N–H and O–H groups in total. The first-order valence-electron chi connectivity index (χ1n) is 3.79. The van der Waals surface area contributed by atoms with Crippen LogP contribution in [0, 0.1) is 0 Å². The fraction of sp³-hybridized carbons (Fsp3) is 0.714. The monoisotopic (exact) mass is 154 g/mol. The Morgan fingerprint density at radius 3 is 2.82 bits per heavy atom. The molecule has 1 atom stereocenters. The minimum absolute atomic E-state index is 0.395. The Morgan fingerprint density at radius 1 is 1.64 bits per heavy atom. The Balaban J connectivity index is 2.18. The summed E-state index contributed by atoms with van der Waals surface area (Å²) in [7, 11) is 0. The SMILES string of the molecule is CC(O)c1noc(C2CC2)n1. The summed E-state index contributed by atoms with van der Waals surface area (Å²) in [6.45, 7) is 1.63. The maximum Gasteiger partial charge on any atom is 0.229 e. The third-order valence-electron chi connectivity index (χ3n) is 1.76. The van der Waals surface area contributed by atoms with E-state index in [2.05, 4.69) is 10.1 Å². The van der Waals surface area contributed by atoms with Crippen LogP contribution in [-0.4, -0.2) is 15.2 Å². The van der Waals surface area contributed by atoms with Gasteiger partial charge in [-0.05, 0) is 19.8 Å². The predicted octanol–water partition coefficient (Wildman–Crippen LogP) is 1.00. The van der Waals surface area contributed by atoms with Gasteiger partial charge in [0.15, 0.2) is 5.82 Å². The number of nitrogens with zero attached hydrogens (tertiary/aromatic N) is 2. The average molecular weight is 154 g/mol. The second-order valence-corrected chi connectivity index (χ2v) is 2.94. The molecule has 0 amide bonds. The number of rotatable bonds is 2. The number of aliphatic hydroxyl groups is 1. The highest BCUT2D eigenvalue weighted by Gasteiger charge is 2.29. The maximum atomic E-state index is 9.05. The van der Waals surface area contributed by atoms with Crippen LogP contribution in [0.4, 0.5) is 0 Å². The fourth-order valence-electron chi connectivity index (χ4n) is 0.913. The van der Waals surface area contributed by atoms with Crippen molar-refractivity contribution in [3.63, 3.8) is 0 Å². The van der Waals surface area contributed by atoms with E-state index in [0.29, 0.717) is 17.6 Å². The lowest BCUT2D eigenvalue weighted by Crippen LogP contribution is -1.93. The van der Waals surface area contributed by atoms with Gasteiger partial charge >= 0.3 is 0 Å². The molecule has 1 aromatic rings. The number of hydrogen-bond acceptors (Lipinski definition) is 4. The van der Waals surface area contributed by atoms with Gasteiger partial charge in [0.1, 0.15) is 6.10 Å². The molecule has 0 radical (unpaired) electrons. The van der Waals surface area contributed by atoms with Crippen molar-refractivity contribution >= 4 is 0 Å². The van der Waals surface area contributed by atoms with Gasteiger partial charge in [0.25, 0.3) is 0 Å². The van der Waals surface area contributed by atoms with Crippen molar-refractivity contribution in [2.45, 2.75) is 31.8 Å². The highest BCUT2D eigenvalue weighted by molar-refractivity contribution is 5.02. The average Bonchev–Trinajstić information content (AvgIpc) is 2.68.